The maximum Gasteiger partial charge on any atom is 0.303 e. The van der Waals surface area contributed by atoms with E-state index in [9.17, 15) is 13.6 Å². The number of aromatic nitrogens is 2. The zero-order valence-electron chi connectivity index (χ0n) is 16.6. The minimum absolute atomic E-state index is 0.00568. The Kier molecular flexibility index (Phi) is 4.65. The first-order valence-electron chi connectivity index (χ1n) is 9.48. The van der Waals surface area contributed by atoms with Gasteiger partial charge in [-0.15, -0.1) is 0 Å². The smallest absolute Gasteiger partial charge is 0.303 e. The Morgan fingerprint density at radius 2 is 1.79 bits per heavy atom. The van der Waals surface area contributed by atoms with Gasteiger partial charge in [-0.05, 0) is 48.7 Å². The molecule has 2 aromatic carbocycles. The number of fused-ring (bicyclic) bond motifs is 2. The van der Waals surface area contributed by atoms with Crippen LogP contribution in [0.3, 0.4) is 0 Å². The molecule has 4 nitrogen and oxygen atoms in total. The molecule has 0 amide bonds. The van der Waals surface area contributed by atoms with Crippen molar-refractivity contribution in [2.24, 2.45) is 14.1 Å². The van der Waals surface area contributed by atoms with Crippen LogP contribution in [0.1, 0.15) is 28.9 Å². The van der Waals surface area contributed by atoms with E-state index in [1.165, 1.54) is 12.1 Å². The van der Waals surface area contributed by atoms with Crippen LogP contribution < -0.4 is 0 Å². The molecule has 2 aromatic heterocycles. The molecular formula is C23H22F2N2O2. The van der Waals surface area contributed by atoms with Crippen molar-refractivity contribution in [3.8, 4) is 0 Å². The second kappa shape index (κ2) is 7.03. The van der Waals surface area contributed by atoms with Gasteiger partial charge in [0, 0.05) is 49.1 Å². The Balaban J connectivity index is 1.81. The van der Waals surface area contributed by atoms with Gasteiger partial charge in [0.2, 0.25) is 0 Å². The van der Waals surface area contributed by atoms with Crippen molar-refractivity contribution in [2.75, 3.05) is 0 Å². The van der Waals surface area contributed by atoms with Crippen molar-refractivity contribution in [3.05, 3.63) is 70.5 Å². The van der Waals surface area contributed by atoms with Crippen molar-refractivity contribution < 1.29 is 18.7 Å². The summed E-state index contributed by atoms with van der Waals surface area (Å²) in [6, 6.07) is 10.3. The Morgan fingerprint density at radius 3 is 2.48 bits per heavy atom. The van der Waals surface area contributed by atoms with E-state index in [2.05, 4.69) is 0 Å². The second-order valence-electron chi connectivity index (χ2n) is 7.54. The van der Waals surface area contributed by atoms with Gasteiger partial charge in [-0.1, -0.05) is 12.1 Å². The van der Waals surface area contributed by atoms with Gasteiger partial charge < -0.3 is 14.2 Å². The highest BCUT2D eigenvalue weighted by Crippen LogP contribution is 2.31. The maximum atomic E-state index is 15.0. The number of carboxylic acids is 1. The minimum Gasteiger partial charge on any atom is -0.481 e. The fraction of sp³-hybridized carbons (Fsp3) is 0.261. The molecular weight excluding hydrogens is 374 g/mol. The van der Waals surface area contributed by atoms with Gasteiger partial charge in [0.25, 0.3) is 0 Å². The fourth-order valence-corrected chi connectivity index (χ4v) is 4.24. The maximum absolute atomic E-state index is 15.0. The number of aryl methyl sites for hydroxylation is 3. The van der Waals surface area contributed by atoms with E-state index >= 15 is 0 Å². The van der Waals surface area contributed by atoms with Crippen LogP contribution in [0.4, 0.5) is 8.78 Å². The number of hydrogen-bond acceptors (Lipinski definition) is 1. The molecule has 0 spiro atoms. The van der Waals surface area contributed by atoms with Gasteiger partial charge in [0.05, 0.1) is 11.0 Å². The Bertz CT molecular complexity index is 1270. The SMILES string of the molecule is Cc1c(CCC(=O)O)c2cc(Cc3cc4cccc(F)c4n3C)cc(F)c2n1C. The zero-order valence-corrected chi connectivity index (χ0v) is 16.6. The summed E-state index contributed by atoms with van der Waals surface area (Å²) in [4.78, 5) is 11.0. The van der Waals surface area contributed by atoms with E-state index in [1.54, 1.807) is 29.3 Å². The third-order valence-corrected chi connectivity index (χ3v) is 5.80. The normalized spacial score (nSPS) is 11.6. The van der Waals surface area contributed by atoms with E-state index in [-0.39, 0.29) is 18.1 Å². The van der Waals surface area contributed by atoms with Gasteiger partial charge in [-0.25, -0.2) is 8.78 Å². The summed E-state index contributed by atoms with van der Waals surface area (Å²) >= 11 is 0. The van der Waals surface area contributed by atoms with Crippen molar-refractivity contribution in [1.82, 2.24) is 9.13 Å². The lowest BCUT2D eigenvalue weighted by atomic mass is 10.0. The molecule has 0 aliphatic carbocycles. The van der Waals surface area contributed by atoms with Crippen molar-refractivity contribution >= 4 is 27.8 Å². The summed E-state index contributed by atoms with van der Waals surface area (Å²) in [5.74, 6) is -1.50. The predicted molar refractivity (Wildman–Crippen MR) is 109 cm³/mol. The summed E-state index contributed by atoms with van der Waals surface area (Å²) in [5.41, 5.74) is 4.38. The van der Waals surface area contributed by atoms with Crippen LogP contribution in [-0.2, 0) is 31.7 Å². The number of carboxylic acid groups (broad SMARTS) is 1. The first-order valence-corrected chi connectivity index (χ1v) is 9.48. The number of rotatable bonds is 5. The molecule has 0 radical (unpaired) electrons. The average molecular weight is 396 g/mol. The Labute approximate surface area is 167 Å². The van der Waals surface area contributed by atoms with Crippen LogP contribution in [0, 0.1) is 18.6 Å². The number of carbonyl (C=O) groups is 1. The molecule has 0 fully saturated rings. The Morgan fingerprint density at radius 1 is 1.03 bits per heavy atom. The van der Waals surface area contributed by atoms with Gasteiger partial charge in [-0.3, -0.25) is 4.79 Å². The number of para-hydroxylation sites is 1. The molecule has 1 N–H and O–H groups in total. The highest BCUT2D eigenvalue weighted by atomic mass is 19.1. The lowest BCUT2D eigenvalue weighted by molar-refractivity contribution is -0.136. The van der Waals surface area contributed by atoms with E-state index in [4.69, 9.17) is 5.11 Å². The van der Waals surface area contributed by atoms with Crippen LogP contribution in [0.2, 0.25) is 0 Å². The highest BCUT2D eigenvalue weighted by Gasteiger charge is 2.18. The van der Waals surface area contributed by atoms with E-state index in [0.717, 1.165) is 33.3 Å². The molecule has 6 heteroatoms. The molecule has 4 aromatic rings. The minimum atomic E-state index is -0.879. The van der Waals surface area contributed by atoms with Gasteiger partial charge >= 0.3 is 5.97 Å². The Hall–Kier alpha value is -3.15. The van der Waals surface area contributed by atoms with Gasteiger partial charge in [0.1, 0.15) is 11.6 Å². The molecule has 2 heterocycles. The molecule has 29 heavy (non-hydrogen) atoms. The molecule has 0 aliphatic heterocycles. The van der Waals surface area contributed by atoms with E-state index in [1.807, 2.05) is 25.1 Å². The second-order valence-corrected chi connectivity index (χ2v) is 7.54. The first-order chi connectivity index (χ1) is 13.8. The predicted octanol–water partition coefficient (Wildman–Crippen LogP) is 4.86. The van der Waals surface area contributed by atoms with Gasteiger partial charge in [0.15, 0.2) is 0 Å². The quantitative estimate of drug-likeness (QED) is 0.523. The first kappa shape index (κ1) is 19.2. The lowest BCUT2D eigenvalue weighted by Gasteiger charge is -2.07. The number of nitrogens with zero attached hydrogens (tertiary/aromatic N) is 2. The molecule has 0 bridgehead atoms. The molecule has 0 saturated carbocycles. The summed E-state index contributed by atoms with van der Waals surface area (Å²) in [7, 11) is 3.60. The van der Waals surface area contributed by atoms with Crippen LogP contribution in [0.15, 0.2) is 36.4 Å². The fourth-order valence-electron chi connectivity index (χ4n) is 4.24. The molecule has 0 saturated heterocycles. The third kappa shape index (κ3) is 3.18. The zero-order chi connectivity index (χ0) is 20.9. The van der Waals surface area contributed by atoms with E-state index in [0.29, 0.717) is 23.9 Å². The standard InChI is InChI=1S/C23H22F2N2O2/c1-13-17(7-8-21(28)29)18-10-14(11-20(25)23(18)26(13)2)9-16-12-15-5-4-6-19(24)22(15)27(16)3/h4-6,10-12H,7-9H2,1-3H3,(H,28,29). The molecule has 0 aliphatic rings. The number of halogens is 2. The molecule has 0 atom stereocenters. The largest absolute Gasteiger partial charge is 0.481 e. The monoisotopic (exact) mass is 396 g/mol. The van der Waals surface area contributed by atoms with Crippen molar-refractivity contribution in [2.45, 2.75) is 26.2 Å². The van der Waals surface area contributed by atoms with E-state index < -0.39 is 5.97 Å². The van der Waals surface area contributed by atoms with Gasteiger partial charge in [-0.2, -0.15) is 0 Å². The number of aliphatic carboxylic acids is 1. The third-order valence-electron chi connectivity index (χ3n) is 5.80. The summed E-state index contributed by atoms with van der Waals surface area (Å²) in [5, 5.41) is 10.6. The summed E-state index contributed by atoms with van der Waals surface area (Å²) in [6.45, 7) is 1.88. The van der Waals surface area contributed by atoms with Crippen molar-refractivity contribution in [1.29, 1.82) is 0 Å². The van der Waals surface area contributed by atoms with Crippen LogP contribution in [0.5, 0.6) is 0 Å². The number of benzene rings is 2. The van der Waals surface area contributed by atoms with Crippen molar-refractivity contribution in [3.63, 3.8) is 0 Å². The lowest BCUT2D eigenvalue weighted by Crippen LogP contribution is -2.00. The van der Waals surface area contributed by atoms with Crippen LogP contribution in [0.25, 0.3) is 21.8 Å². The molecule has 4 rings (SSSR count). The van der Waals surface area contributed by atoms with Crippen LogP contribution >= 0.6 is 0 Å². The van der Waals surface area contributed by atoms with Crippen LogP contribution in [-0.4, -0.2) is 20.2 Å². The highest BCUT2D eigenvalue weighted by molar-refractivity contribution is 5.87. The summed E-state index contributed by atoms with van der Waals surface area (Å²) in [6.07, 6.45) is 0.790. The molecule has 150 valence electrons. The average Bonchev–Trinajstić information content (AvgIpc) is 3.09. The number of hydrogen-bond donors (Lipinski definition) is 1. The topological polar surface area (TPSA) is 47.2 Å². The summed E-state index contributed by atoms with van der Waals surface area (Å²) < 4.78 is 32.7. The molecule has 0 unspecified atom stereocenters.